The molecular weight excluding hydrogens is 792 g/mol. The van der Waals surface area contributed by atoms with Crippen LogP contribution >= 0.6 is 7.82 Å². The Bertz CT molecular complexity index is 1110. The number of aliphatic hydroxyl groups excluding tert-OH is 1. The van der Waals surface area contributed by atoms with E-state index in [-0.39, 0.29) is 19.1 Å². The van der Waals surface area contributed by atoms with Crippen molar-refractivity contribution < 1.29 is 32.9 Å². The molecule has 0 aromatic carbocycles. The van der Waals surface area contributed by atoms with Crippen LogP contribution in [-0.2, 0) is 18.4 Å². The van der Waals surface area contributed by atoms with E-state index in [1.807, 2.05) is 27.2 Å². The van der Waals surface area contributed by atoms with Crippen LogP contribution in [-0.4, -0.2) is 68.5 Å². The number of hydrogen-bond donors (Lipinski definition) is 2. The molecule has 0 rings (SSSR count). The van der Waals surface area contributed by atoms with E-state index >= 15 is 0 Å². The van der Waals surface area contributed by atoms with Crippen LogP contribution in [0.2, 0.25) is 0 Å². The van der Waals surface area contributed by atoms with Gasteiger partial charge in [-0.15, -0.1) is 0 Å². The van der Waals surface area contributed by atoms with Crippen LogP contribution in [0.25, 0.3) is 0 Å². The maximum absolute atomic E-state index is 12.9. The van der Waals surface area contributed by atoms with Crippen LogP contribution in [0.3, 0.4) is 0 Å². The number of quaternary nitrogens is 1. The third-order valence-electron chi connectivity index (χ3n) is 11.8. The number of carbonyl (C=O) groups is 1. The number of nitrogens with one attached hydrogen (secondary N) is 1. The highest BCUT2D eigenvalue weighted by atomic mass is 31.2. The molecule has 0 aliphatic carbocycles. The molecule has 62 heavy (non-hydrogen) atoms. The van der Waals surface area contributed by atoms with Crippen molar-refractivity contribution in [3.8, 4) is 0 Å². The van der Waals surface area contributed by atoms with Crippen molar-refractivity contribution in [3.05, 3.63) is 36.5 Å². The summed E-state index contributed by atoms with van der Waals surface area (Å²) in [7, 11) is 1.25. The van der Waals surface area contributed by atoms with Gasteiger partial charge in [-0.3, -0.25) is 9.36 Å². The third kappa shape index (κ3) is 46.7. The maximum atomic E-state index is 12.9. The Morgan fingerprint density at radius 1 is 0.565 bits per heavy atom. The number of amides is 1. The molecule has 0 fully saturated rings. The monoisotopic (exact) mass is 895 g/mol. The van der Waals surface area contributed by atoms with Gasteiger partial charge in [0.15, 0.2) is 0 Å². The summed E-state index contributed by atoms with van der Waals surface area (Å²) < 4.78 is 23.3. The molecule has 366 valence electrons. The second-order valence-corrected chi connectivity index (χ2v) is 20.6. The van der Waals surface area contributed by atoms with Gasteiger partial charge in [-0.2, -0.15) is 0 Å². The summed E-state index contributed by atoms with van der Waals surface area (Å²) >= 11 is 0. The van der Waals surface area contributed by atoms with Crippen molar-refractivity contribution in [1.29, 1.82) is 0 Å². The van der Waals surface area contributed by atoms with E-state index < -0.39 is 20.0 Å². The normalized spacial score (nSPS) is 14.4. The topological polar surface area (TPSA) is 108 Å². The SMILES string of the molecule is CCC/C=C\C/C=C\CCCCCCCC(=O)NC(COP(=O)([O-])OCC[N+](C)(C)C)C(O)/C=C/CCCCCCCCCCCCCCCCCCCCCCCCCCC. The first-order valence-corrected chi connectivity index (χ1v) is 27.8. The summed E-state index contributed by atoms with van der Waals surface area (Å²) in [6.45, 7) is 4.59. The summed E-state index contributed by atoms with van der Waals surface area (Å²) in [4.78, 5) is 25.3. The van der Waals surface area contributed by atoms with Crippen molar-refractivity contribution in [2.75, 3.05) is 40.9 Å². The quantitative estimate of drug-likeness (QED) is 0.0273. The first-order chi connectivity index (χ1) is 30.0. The smallest absolute Gasteiger partial charge is 0.268 e. The molecule has 0 aromatic heterocycles. The van der Waals surface area contributed by atoms with E-state index in [0.717, 1.165) is 70.6 Å². The van der Waals surface area contributed by atoms with Gasteiger partial charge in [0.05, 0.1) is 39.9 Å². The Balaban J connectivity index is 4.18. The van der Waals surface area contributed by atoms with Gasteiger partial charge >= 0.3 is 0 Å². The largest absolute Gasteiger partial charge is 0.756 e. The molecule has 8 nitrogen and oxygen atoms in total. The van der Waals surface area contributed by atoms with Crippen molar-refractivity contribution in [2.24, 2.45) is 0 Å². The number of rotatable bonds is 48. The van der Waals surface area contributed by atoms with E-state index in [4.69, 9.17) is 9.05 Å². The molecule has 0 aromatic rings. The molecule has 0 aliphatic rings. The predicted octanol–water partition coefficient (Wildman–Crippen LogP) is 14.8. The molecule has 0 saturated heterocycles. The minimum absolute atomic E-state index is 0.00392. The fraction of sp³-hybridized carbons (Fsp3) is 0.868. The zero-order valence-electron chi connectivity index (χ0n) is 41.6. The fourth-order valence-corrected chi connectivity index (χ4v) is 8.39. The Morgan fingerprint density at radius 3 is 1.40 bits per heavy atom. The van der Waals surface area contributed by atoms with Gasteiger partial charge in [-0.05, 0) is 44.9 Å². The lowest BCUT2D eigenvalue weighted by Gasteiger charge is -2.29. The Hall–Kier alpha value is -1.28. The molecule has 1 amide bonds. The molecular formula is C53H103N2O6P. The molecule has 0 aliphatic heterocycles. The van der Waals surface area contributed by atoms with Gasteiger partial charge in [0.25, 0.3) is 7.82 Å². The maximum Gasteiger partial charge on any atom is 0.268 e. The molecule has 0 saturated carbocycles. The molecule has 0 radical (unpaired) electrons. The predicted molar refractivity (Wildman–Crippen MR) is 265 cm³/mol. The van der Waals surface area contributed by atoms with Crippen molar-refractivity contribution >= 4 is 13.7 Å². The third-order valence-corrected chi connectivity index (χ3v) is 12.8. The van der Waals surface area contributed by atoms with Crippen LogP contribution < -0.4 is 10.2 Å². The Morgan fingerprint density at radius 2 is 0.968 bits per heavy atom. The van der Waals surface area contributed by atoms with Crippen molar-refractivity contribution in [1.82, 2.24) is 5.32 Å². The minimum Gasteiger partial charge on any atom is -0.756 e. The van der Waals surface area contributed by atoms with Crippen LogP contribution in [0, 0.1) is 0 Å². The summed E-state index contributed by atoms with van der Waals surface area (Å²) in [5.74, 6) is -0.211. The second-order valence-electron chi connectivity index (χ2n) is 19.2. The molecule has 3 unspecified atom stereocenters. The van der Waals surface area contributed by atoms with Crippen molar-refractivity contribution in [3.63, 3.8) is 0 Å². The van der Waals surface area contributed by atoms with Crippen LogP contribution in [0.15, 0.2) is 36.5 Å². The number of aliphatic hydroxyl groups is 1. The van der Waals surface area contributed by atoms with E-state index in [1.165, 1.54) is 154 Å². The number of phosphoric ester groups is 1. The van der Waals surface area contributed by atoms with E-state index in [1.54, 1.807) is 6.08 Å². The lowest BCUT2D eigenvalue weighted by molar-refractivity contribution is -0.870. The highest BCUT2D eigenvalue weighted by Crippen LogP contribution is 2.38. The van der Waals surface area contributed by atoms with E-state index in [0.29, 0.717) is 17.4 Å². The summed E-state index contributed by atoms with van der Waals surface area (Å²) in [6.07, 6.45) is 56.5. The van der Waals surface area contributed by atoms with Crippen LogP contribution in [0.1, 0.15) is 245 Å². The number of unbranched alkanes of at least 4 members (excludes halogenated alkanes) is 31. The van der Waals surface area contributed by atoms with Crippen LogP contribution in [0.4, 0.5) is 0 Å². The Labute approximate surface area is 385 Å². The average molecular weight is 895 g/mol. The molecule has 0 spiro atoms. The van der Waals surface area contributed by atoms with Crippen molar-refractivity contribution in [2.45, 2.75) is 257 Å². The summed E-state index contributed by atoms with van der Waals surface area (Å²) in [6, 6.07) is -0.893. The standard InChI is InChI=1S/C53H103N2O6P/c1-6-8-10-12-14-16-18-20-21-22-23-24-25-26-27-28-29-30-31-32-33-35-36-38-40-42-44-46-52(56)51(50-61-62(58,59)60-49-48-55(3,4)5)54-53(57)47-45-43-41-39-37-34-19-17-15-13-11-9-7-2/h11,13,17,19,44,46,51-52,56H,6-10,12,14-16,18,20-43,45,47-50H2,1-5H3,(H-,54,57,58,59)/b13-11-,19-17-,46-44+. The Kier molecular flexibility index (Phi) is 44.0. The lowest BCUT2D eigenvalue weighted by Crippen LogP contribution is -2.45. The zero-order chi connectivity index (χ0) is 45.7. The first kappa shape index (κ1) is 60.7. The van der Waals surface area contributed by atoms with Gasteiger partial charge in [0, 0.05) is 6.42 Å². The number of phosphoric acid groups is 1. The number of likely N-dealkylation sites (N-methyl/N-ethyl adjacent to an activating group) is 1. The minimum atomic E-state index is -4.59. The molecule has 2 N–H and O–H groups in total. The van der Waals surface area contributed by atoms with Crippen LogP contribution in [0.5, 0.6) is 0 Å². The van der Waals surface area contributed by atoms with Gasteiger partial charge in [0.1, 0.15) is 13.2 Å². The van der Waals surface area contributed by atoms with Gasteiger partial charge in [-0.1, -0.05) is 230 Å². The van der Waals surface area contributed by atoms with Gasteiger partial charge in [-0.25, -0.2) is 0 Å². The fourth-order valence-electron chi connectivity index (χ4n) is 7.66. The van der Waals surface area contributed by atoms with E-state index in [9.17, 15) is 19.4 Å². The zero-order valence-corrected chi connectivity index (χ0v) is 42.5. The number of nitrogens with zero attached hydrogens (tertiary/aromatic N) is 1. The molecule has 0 heterocycles. The highest BCUT2D eigenvalue weighted by Gasteiger charge is 2.23. The summed E-state index contributed by atoms with van der Waals surface area (Å²) in [5, 5.41) is 13.8. The van der Waals surface area contributed by atoms with Gasteiger partial charge in [0.2, 0.25) is 5.91 Å². The summed E-state index contributed by atoms with van der Waals surface area (Å²) in [5.41, 5.74) is 0. The number of hydrogen-bond acceptors (Lipinski definition) is 6. The molecule has 9 heteroatoms. The number of carbonyl (C=O) groups excluding carboxylic acids is 1. The molecule has 3 atom stereocenters. The highest BCUT2D eigenvalue weighted by molar-refractivity contribution is 7.45. The number of allylic oxidation sites excluding steroid dienone is 5. The molecule has 0 bridgehead atoms. The lowest BCUT2D eigenvalue weighted by atomic mass is 10.0. The average Bonchev–Trinajstić information content (AvgIpc) is 3.23. The second kappa shape index (κ2) is 44.9. The van der Waals surface area contributed by atoms with Gasteiger partial charge < -0.3 is 28.8 Å². The first-order valence-electron chi connectivity index (χ1n) is 26.4. The van der Waals surface area contributed by atoms with E-state index in [2.05, 4.69) is 43.5 Å².